The molecule has 1 aliphatic carbocycles. The minimum absolute atomic E-state index is 0.195. The van der Waals surface area contributed by atoms with Crippen molar-refractivity contribution in [3.8, 4) is 11.8 Å². The van der Waals surface area contributed by atoms with E-state index in [9.17, 15) is 14.7 Å². The zero-order valence-corrected chi connectivity index (χ0v) is 18.9. The van der Waals surface area contributed by atoms with Gasteiger partial charge < -0.3 is 24.2 Å². The molecule has 1 aliphatic heterocycles. The van der Waals surface area contributed by atoms with Crippen molar-refractivity contribution in [3.05, 3.63) is 34.1 Å². The van der Waals surface area contributed by atoms with Gasteiger partial charge in [0.25, 0.3) is 0 Å². The molecule has 8 nitrogen and oxygen atoms in total. The Morgan fingerprint density at radius 2 is 2.12 bits per heavy atom. The summed E-state index contributed by atoms with van der Waals surface area (Å²) in [5, 5.41) is 18.8. The number of hydrogen-bond donors (Lipinski definition) is 1. The van der Waals surface area contributed by atoms with Gasteiger partial charge in [0.05, 0.1) is 29.8 Å². The van der Waals surface area contributed by atoms with Gasteiger partial charge in [-0.3, -0.25) is 4.79 Å². The molecule has 2 unspecified atom stereocenters. The minimum atomic E-state index is -1.20. The molecule has 2 heterocycles. The highest BCUT2D eigenvalue weighted by Crippen LogP contribution is 2.43. The first-order valence-electron chi connectivity index (χ1n) is 11.2. The van der Waals surface area contributed by atoms with E-state index in [1.54, 1.807) is 13.2 Å². The van der Waals surface area contributed by atoms with Crippen LogP contribution in [-0.2, 0) is 0 Å². The molecule has 2 aromatic rings. The summed E-state index contributed by atoms with van der Waals surface area (Å²) in [6.07, 6.45) is 4.96. The molecule has 1 aromatic carbocycles. The third-order valence-electron chi connectivity index (χ3n) is 7.02. The maximum atomic E-state index is 12.9. The van der Waals surface area contributed by atoms with Crippen molar-refractivity contribution in [1.82, 2.24) is 9.47 Å². The number of carboxylic acids is 1. The van der Waals surface area contributed by atoms with E-state index in [0.717, 1.165) is 44.6 Å². The number of nitriles is 1. The lowest BCUT2D eigenvalue weighted by Crippen LogP contribution is -2.37. The lowest BCUT2D eigenvalue weighted by atomic mass is 9.99. The number of carboxylic acid groups (broad SMARTS) is 1. The highest BCUT2D eigenvalue weighted by molar-refractivity contribution is 5.97. The van der Waals surface area contributed by atoms with Crippen LogP contribution in [0, 0.1) is 17.2 Å². The number of hydrogen-bond acceptors (Lipinski definition) is 6. The predicted molar refractivity (Wildman–Crippen MR) is 123 cm³/mol. The van der Waals surface area contributed by atoms with Crippen LogP contribution in [0.5, 0.6) is 5.75 Å². The van der Waals surface area contributed by atoms with Crippen LogP contribution >= 0.6 is 0 Å². The van der Waals surface area contributed by atoms with Crippen LogP contribution in [0.25, 0.3) is 10.9 Å². The second-order valence-electron chi connectivity index (χ2n) is 8.95. The van der Waals surface area contributed by atoms with Gasteiger partial charge in [0.2, 0.25) is 5.43 Å². The number of carbonyl (C=O) groups is 1. The third-order valence-corrected chi connectivity index (χ3v) is 7.02. The first-order valence-corrected chi connectivity index (χ1v) is 11.2. The van der Waals surface area contributed by atoms with E-state index in [-0.39, 0.29) is 11.6 Å². The van der Waals surface area contributed by atoms with Crippen LogP contribution in [0.1, 0.15) is 49.0 Å². The Hall–Kier alpha value is -3.05. The quantitative estimate of drug-likeness (QED) is 0.676. The summed E-state index contributed by atoms with van der Waals surface area (Å²) in [5.41, 5.74) is 0.951. The molecule has 0 amide bonds. The topological polar surface area (TPSA) is 98.8 Å². The smallest absolute Gasteiger partial charge is 0.341 e. The molecular weight excluding hydrogens is 408 g/mol. The SMILES string of the molecule is COc1c(N2CCC(C(C)N(C)CCC#N)C2)ccc2c(=O)c(C(=O)O)cn(C3CC3)c12. The van der Waals surface area contributed by atoms with Crippen molar-refractivity contribution in [2.75, 3.05) is 38.7 Å². The van der Waals surface area contributed by atoms with E-state index in [2.05, 4.69) is 29.8 Å². The molecule has 2 aliphatic rings. The van der Waals surface area contributed by atoms with Crippen LogP contribution in [0.15, 0.2) is 23.1 Å². The number of anilines is 1. The Kier molecular flexibility index (Phi) is 6.11. The lowest BCUT2D eigenvalue weighted by molar-refractivity contribution is 0.0695. The fraction of sp³-hybridized carbons (Fsp3) is 0.542. The Labute approximate surface area is 187 Å². The average Bonchev–Trinajstić information content (AvgIpc) is 3.51. The van der Waals surface area contributed by atoms with Crippen LogP contribution in [0.3, 0.4) is 0 Å². The standard InChI is InChI=1S/C24H30N4O4/c1-15(26(2)11-4-10-25)16-9-12-27(13-16)20-8-7-18-21(23(20)32-3)28(17-5-6-17)14-19(22(18)29)24(30)31/h7-8,14-17H,4-6,9,11-13H2,1-3H3,(H,30,31). The highest BCUT2D eigenvalue weighted by atomic mass is 16.5. The summed E-state index contributed by atoms with van der Waals surface area (Å²) >= 11 is 0. The summed E-state index contributed by atoms with van der Waals surface area (Å²) in [7, 11) is 3.67. The Bertz CT molecular complexity index is 1130. The molecule has 2 fully saturated rings. The molecule has 1 aromatic heterocycles. The summed E-state index contributed by atoms with van der Waals surface area (Å²) in [5.74, 6) is -0.111. The van der Waals surface area contributed by atoms with Gasteiger partial charge in [0.15, 0.2) is 5.75 Å². The third kappa shape index (κ3) is 3.93. The normalized spacial score (nSPS) is 19.3. The molecule has 2 atom stereocenters. The van der Waals surface area contributed by atoms with Gasteiger partial charge in [0.1, 0.15) is 5.56 Å². The van der Waals surface area contributed by atoms with E-state index in [1.165, 1.54) is 6.20 Å². The van der Waals surface area contributed by atoms with E-state index in [4.69, 9.17) is 10.00 Å². The summed E-state index contributed by atoms with van der Waals surface area (Å²) in [6, 6.07) is 6.39. The number of rotatable bonds is 8. The fourth-order valence-electron chi connectivity index (χ4n) is 4.84. The van der Waals surface area contributed by atoms with Crippen LogP contribution < -0.4 is 15.1 Å². The zero-order chi connectivity index (χ0) is 23.0. The zero-order valence-electron chi connectivity index (χ0n) is 18.9. The number of fused-ring (bicyclic) bond motifs is 1. The minimum Gasteiger partial charge on any atom is -0.492 e. The van der Waals surface area contributed by atoms with Crippen molar-refractivity contribution in [1.29, 1.82) is 5.26 Å². The Morgan fingerprint density at radius 1 is 1.38 bits per heavy atom. The van der Waals surface area contributed by atoms with Crippen molar-refractivity contribution in [3.63, 3.8) is 0 Å². The number of aromatic carboxylic acids is 1. The second kappa shape index (κ2) is 8.83. The second-order valence-corrected chi connectivity index (χ2v) is 8.95. The molecule has 0 radical (unpaired) electrons. The Balaban J connectivity index is 1.71. The molecule has 32 heavy (non-hydrogen) atoms. The van der Waals surface area contributed by atoms with Gasteiger partial charge in [0, 0.05) is 44.3 Å². The van der Waals surface area contributed by atoms with Crippen molar-refractivity contribution < 1.29 is 14.6 Å². The lowest BCUT2D eigenvalue weighted by Gasteiger charge is -2.30. The number of pyridine rings is 1. The van der Waals surface area contributed by atoms with E-state index in [1.807, 2.05) is 10.6 Å². The maximum absolute atomic E-state index is 12.9. The molecule has 0 bridgehead atoms. The summed E-state index contributed by atoms with van der Waals surface area (Å²) in [6.45, 7) is 4.71. The highest BCUT2D eigenvalue weighted by Gasteiger charge is 2.33. The van der Waals surface area contributed by atoms with Crippen molar-refractivity contribution in [2.45, 2.75) is 44.7 Å². The van der Waals surface area contributed by atoms with Crippen LogP contribution in [0.4, 0.5) is 5.69 Å². The van der Waals surface area contributed by atoms with E-state index >= 15 is 0 Å². The van der Waals surface area contributed by atoms with Gasteiger partial charge in [-0.15, -0.1) is 0 Å². The van der Waals surface area contributed by atoms with E-state index in [0.29, 0.717) is 35.0 Å². The van der Waals surface area contributed by atoms with Crippen molar-refractivity contribution in [2.24, 2.45) is 5.92 Å². The van der Waals surface area contributed by atoms with Gasteiger partial charge in [-0.05, 0) is 51.3 Å². The summed E-state index contributed by atoms with van der Waals surface area (Å²) < 4.78 is 7.77. The molecule has 1 saturated heterocycles. The molecule has 170 valence electrons. The number of aromatic nitrogens is 1. The largest absolute Gasteiger partial charge is 0.492 e. The van der Waals surface area contributed by atoms with Crippen LogP contribution in [-0.4, -0.2) is 60.4 Å². The first kappa shape index (κ1) is 22.2. The average molecular weight is 439 g/mol. The molecule has 0 spiro atoms. The predicted octanol–water partition coefficient (Wildman–Crippen LogP) is 3.10. The van der Waals surface area contributed by atoms with Crippen molar-refractivity contribution >= 4 is 22.6 Å². The molecular formula is C24H30N4O4. The molecule has 1 N–H and O–H groups in total. The number of benzene rings is 1. The Morgan fingerprint density at radius 3 is 2.75 bits per heavy atom. The van der Waals surface area contributed by atoms with E-state index < -0.39 is 11.4 Å². The summed E-state index contributed by atoms with van der Waals surface area (Å²) in [4.78, 5) is 29.1. The van der Waals surface area contributed by atoms with Gasteiger partial charge in [-0.2, -0.15) is 5.26 Å². The number of ether oxygens (including phenoxy) is 1. The molecule has 1 saturated carbocycles. The van der Waals surface area contributed by atoms with Gasteiger partial charge in [-0.25, -0.2) is 4.79 Å². The van der Waals surface area contributed by atoms with Crippen LogP contribution in [0.2, 0.25) is 0 Å². The number of methoxy groups -OCH3 is 1. The fourth-order valence-corrected chi connectivity index (χ4v) is 4.84. The maximum Gasteiger partial charge on any atom is 0.341 e. The molecule has 4 rings (SSSR count). The van der Waals surface area contributed by atoms with Gasteiger partial charge in [-0.1, -0.05) is 0 Å². The first-order chi connectivity index (χ1) is 15.4. The number of nitrogens with zero attached hydrogens (tertiary/aromatic N) is 4. The monoisotopic (exact) mass is 438 g/mol. The molecule has 8 heteroatoms. The van der Waals surface area contributed by atoms with Gasteiger partial charge >= 0.3 is 5.97 Å².